The van der Waals surface area contributed by atoms with Gasteiger partial charge in [0.25, 0.3) is 0 Å². The number of benzene rings is 1. The van der Waals surface area contributed by atoms with Crippen molar-refractivity contribution in [2.24, 2.45) is 0 Å². The van der Waals surface area contributed by atoms with Crippen molar-refractivity contribution < 1.29 is 4.39 Å². The minimum Gasteiger partial charge on any atom is -0.358 e. The molecular weight excluding hydrogens is 339 g/mol. The van der Waals surface area contributed by atoms with E-state index >= 15 is 0 Å². The second-order valence-electron chi connectivity index (χ2n) is 6.20. The van der Waals surface area contributed by atoms with E-state index in [9.17, 15) is 4.39 Å². The number of H-pyrrole nitrogens is 1. The summed E-state index contributed by atoms with van der Waals surface area (Å²) in [6.07, 6.45) is 8.93. The van der Waals surface area contributed by atoms with Gasteiger partial charge in [0.2, 0.25) is 0 Å². The lowest BCUT2D eigenvalue weighted by atomic mass is 10.0. The lowest BCUT2D eigenvalue weighted by molar-refractivity contribution is 0.636. The fraction of sp³-hybridized carbons (Fsp3) is 0.0909. The molecule has 0 aliphatic carbocycles. The van der Waals surface area contributed by atoms with Gasteiger partial charge >= 0.3 is 0 Å². The fourth-order valence-electron chi connectivity index (χ4n) is 2.73. The van der Waals surface area contributed by atoms with Crippen LogP contribution in [0.5, 0.6) is 0 Å². The Labute approximate surface area is 157 Å². The Hall–Kier alpha value is -3.47. The average Bonchev–Trinajstić information content (AvgIpc) is 3.11. The topological polar surface area (TPSA) is 53.6 Å². The maximum atomic E-state index is 14.6. The predicted octanol–water partition coefficient (Wildman–Crippen LogP) is 5.36. The minimum absolute atomic E-state index is 0.283. The number of nitrogens with zero attached hydrogens (tertiary/aromatic N) is 2. The lowest BCUT2D eigenvalue weighted by Gasteiger charge is -2.11. The number of pyridine rings is 1. The predicted molar refractivity (Wildman–Crippen MR) is 109 cm³/mol. The van der Waals surface area contributed by atoms with Crippen LogP contribution in [-0.2, 0) is 0 Å². The van der Waals surface area contributed by atoms with E-state index in [-0.39, 0.29) is 11.3 Å². The largest absolute Gasteiger partial charge is 0.358 e. The van der Waals surface area contributed by atoms with Crippen LogP contribution in [0.3, 0.4) is 0 Å². The molecule has 0 saturated heterocycles. The molecule has 5 heteroatoms. The second-order valence-corrected chi connectivity index (χ2v) is 6.20. The smallest absolute Gasteiger partial charge is 0.151 e. The standard InChI is InChI=1S/C22H21FN4/c1-5-6-8-14(2)15(3)25-16(4)21-19-11-18(17-9-7-10-24-13-17)12-20(23)22(19)27-26-21/h5-13,25H,1,4H2,2-3H3,(H,26,27)/b8-6-,15-14+. The van der Waals surface area contributed by atoms with Crippen LogP contribution in [-0.4, -0.2) is 15.2 Å². The fourth-order valence-corrected chi connectivity index (χ4v) is 2.73. The van der Waals surface area contributed by atoms with Crippen molar-refractivity contribution in [2.75, 3.05) is 0 Å². The molecule has 2 N–H and O–H groups in total. The summed E-state index contributed by atoms with van der Waals surface area (Å²) in [5.41, 5.74) is 5.10. The molecular formula is C22H21FN4. The van der Waals surface area contributed by atoms with Crippen LogP contribution in [0.2, 0.25) is 0 Å². The quantitative estimate of drug-likeness (QED) is 0.582. The van der Waals surface area contributed by atoms with Gasteiger partial charge in [0.1, 0.15) is 5.52 Å². The molecule has 0 bridgehead atoms. The zero-order chi connectivity index (χ0) is 19.4. The third kappa shape index (κ3) is 3.87. The van der Waals surface area contributed by atoms with Gasteiger partial charge in [0.15, 0.2) is 5.82 Å². The van der Waals surface area contributed by atoms with Crippen LogP contribution < -0.4 is 5.32 Å². The number of rotatable bonds is 6. The van der Waals surface area contributed by atoms with E-state index in [0.29, 0.717) is 16.8 Å². The first-order valence-corrected chi connectivity index (χ1v) is 8.52. The normalized spacial score (nSPS) is 12.3. The molecule has 0 spiro atoms. The number of halogens is 1. The van der Waals surface area contributed by atoms with Crippen LogP contribution in [0.1, 0.15) is 19.5 Å². The summed E-state index contributed by atoms with van der Waals surface area (Å²) < 4.78 is 14.6. The molecule has 0 atom stereocenters. The van der Waals surface area contributed by atoms with Crippen molar-refractivity contribution >= 4 is 16.6 Å². The van der Waals surface area contributed by atoms with E-state index in [2.05, 4.69) is 33.7 Å². The van der Waals surface area contributed by atoms with Crippen LogP contribution in [0.4, 0.5) is 4.39 Å². The van der Waals surface area contributed by atoms with Crippen molar-refractivity contribution in [1.29, 1.82) is 0 Å². The van der Waals surface area contributed by atoms with Gasteiger partial charge in [-0.1, -0.05) is 37.5 Å². The molecule has 1 aromatic carbocycles. The van der Waals surface area contributed by atoms with Crippen molar-refractivity contribution in [2.45, 2.75) is 13.8 Å². The Bertz CT molecular complexity index is 1060. The van der Waals surface area contributed by atoms with Crippen LogP contribution in [0.15, 0.2) is 79.3 Å². The van der Waals surface area contributed by atoms with Gasteiger partial charge in [-0.15, -0.1) is 0 Å². The van der Waals surface area contributed by atoms with Gasteiger partial charge in [-0.25, -0.2) is 4.39 Å². The molecule has 2 aromatic heterocycles. The number of fused-ring (bicyclic) bond motifs is 1. The highest BCUT2D eigenvalue weighted by atomic mass is 19.1. The van der Waals surface area contributed by atoms with Crippen LogP contribution in [0.25, 0.3) is 27.7 Å². The molecule has 0 unspecified atom stereocenters. The molecule has 0 amide bonds. The first-order chi connectivity index (χ1) is 13.0. The molecule has 136 valence electrons. The third-order valence-electron chi connectivity index (χ3n) is 4.32. The van der Waals surface area contributed by atoms with Crippen molar-refractivity contribution in [3.8, 4) is 11.1 Å². The molecule has 3 aromatic rings. The van der Waals surface area contributed by atoms with E-state index in [0.717, 1.165) is 22.4 Å². The summed E-state index contributed by atoms with van der Waals surface area (Å²) in [5, 5.41) is 10.9. The summed E-state index contributed by atoms with van der Waals surface area (Å²) in [7, 11) is 0. The summed E-state index contributed by atoms with van der Waals surface area (Å²) in [5.74, 6) is -0.390. The number of allylic oxidation sites excluding steroid dienone is 5. The van der Waals surface area contributed by atoms with E-state index in [1.807, 2.05) is 44.2 Å². The van der Waals surface area contributed by atoms with E-state index in [4.69, 9.17) is 0 Å². The molecule has 0 saturated carbocycles. The molecule has 3 rings (SSSR count). The highest BCUT2D eigenvalue weighted by Gasteiger charge is 2.15. The third-order valence-corrected chi connectivity index (χ3v) is 4.32. The molecule has 0 aliphatic rings. The number of hydrogen-bond acceptors (Lipinski definition) is 3. The minimum atomic E-state index is -0.390. The first-order valence-electron chi connectivity index (χ1n) is 8.52. The Morgan fingerprint density at radius 3 is 2.78 bits per heavy atom. The van der Waals surface area contributed by atoms with Crippen molar-refractivity contribution in [1.82, 2.24) is 20.5 Å². The van der Waals surface area contributed by atoms with E-state index in [1.165, 1.54) is 6.07 Å². The second kappa shape index (κ2) is 7.83. The molecule has 27 heavy (non-hydrogen) atoms. The van der Waals surface area contributed by atoms with Gasteiger partial charge in [0.05, 0.1) is 11.4 Å². The molecule has 0 fully saturated rings. The SMILES string of the molecule is C=C/C=C\C(C)=C(/C)NC(=C)c1[nH]nc2c(F)cc(-c3cccnc3)cc12. The van der Waals surface area contributed by atoms with Gasteiger partial charge in [0, 0.05) is 29.0 Å². The molecule has 0 radical (unpaired) electrons. The van der Waals surface area contributed by atoms with Gasteiger partial charge < -0.3 is 5.32 Å². The summed E-state index contributed by atoms with van der Waals surface area (Å²) in [6, 6.07) is 7.07. The Balaban J connectivity index is 2.00. The Kier molecular flexibility index (Phi) is 5.31. The van der Waals surface area contributed by atoms with E-state index < -0.39 is 0 Å². The van der Waals surface area contributed by atoms with Crippen LogP contribution >= 0.6 is 0 Å². The number of nitrogens with one attached hydrogen (secondary N) is 2. The molecule has 4 nitrogen and oxygen atoms in total. The molecule has 0 aliphatic heterocycles. The van der Waals surface area contributed by atoms with Crippen molar-refractivity contribution in [3.05, 3.63) is 90.8 Å². The van der Waals surface area contributed by atoms with E-state index in [1.54, 1.807) is 18.5 Å². The zero-order valence-electron chi connectivity index (χ0n) is 15.4. The van der Waals surface area contributed by atoms with Gasteiger partial charge in [-0.05, 0) is 43.2 Å². The van der Waals surface area contributed by atoms with Gasteiger partial charge in [-0.3, -0.25) is 10.1 Å². The number of aromatic amines is 1. The highest BCUT2D eigenvalue weighted by molar-refractivity contribution is 5.93. The van der Waals surface area contributed by atoms with Gasteiger partial charge in [-0.2, -0.15) is 5.10 Å². The van der Waals surface area contributed by atoms with Crippen molar-refractivity contribution in [3.63, 3.8) is 0 Å². The lowest BCUT2D eigenvalue weighted by Crippen LogP contribution is -2.10. The zero-order valence-corrected chi connectivity index (χ0v) is 15.4. The highest BCUT2D eigenvalue weighted by Crippen LogP contribution is 2.29. The summed E-state index contributed by atoms with van der Waals surface area (Å²) >= 11 is 0. The maximum Gasteiger partial charge on any atom is 0.151 e. The average molecular weight is 360 g/mol. The number of hydrogen-bond donors (Lipinski definition) is 2. The summed E-state index contributed by atoms with van der Waals surface area (Å²) in [4.78, 5) is 4.10. The number of aromatic nitrogens is 3. The Morgan fingerprint density at radius 1 is 1.26 bits per heavy atom. The molecule has 2 heterocycles. The summed E-state index contributed by atoms with van der Waals surface area (Å²) in [6.45, 7) is 11.7. The monoisotopic (exact) mass is 360 g/mol. The maximum absolute atomic E-state index is 14.6. The first kappa shape index (κ1) is 18.3. The van der Waals surface area contributed by atoms with Crippen LogP contribution in [0, 0.1) is 5.82 Å². The Morgan fingerprint density at radius 2 is 2.07 bits per heavy atom.